The van der Waals surface area contributed by atoms with Crippen LogP contribution in [-0.4, -0.2) is 29.6 Å². The molecule has 0 bridgehead atoms. The molecule has 1 heterocycles. The number of ether oxygens (including phenoxy) is 3. The minimum atomic E-state index is -0.259. The van der Waals surface area contributed by atoms with E-state index in [9.17, 15) is 4.79 Å². The minimum Gasteiger partial charge on any atom is -0.494 e. The molecule has 0 saturated carbocycles. The molecule has 1 aromatic heterocycles. The summed E-state index contributed by atoms with van der Waals surface area (Å²) in [5, 5.41) is 5.17. The summed E-state index contributed by atoms with van der Waals surface area (Å²) in [5.41, 5.74) is 4.90. The maximum atomic E-state index is 13.8. The zero-order valence-corrected chi connectivity index (χ0v) is 26.5. The van der Waals surface area contributed by atoms with Crippen molar-refractivity contribution in [3.8, 4) is 28.6 Å². The number of nitrogens with zero attached hydrogens (tertiary/aromatic N) is 3. The van der Waals surface area contributed by atoms with Crippen LogP contribution in [0, 0.1) is 6.92 Å². The highest BCUT2D eigenvalue weighted by Crippen LogP contribution is 2.37. The quantitative estimate of drug-likeness (QED) is 0.144. The van der Waals surface area contributed by atoms with Gasteiger partial charge in [-0.3, -0.25) is 4.79 Å². The van der Waals surface area contributed by atoms with Gasteiger partial charge in [0.1, 0.15) is 12.4 Å². The molecule has 4 aromatic carbocycles. The van der Waals surface area contributed by atoms with Crippen LogP contribution in [0.25, 0.3) is 22.3 Å². The predicted octanol–water partition coefficient (Wildman–Crippen LogP) is 8.13. The number of aryl methyl sites for hydroxylation is 1. The van der Waals surface area contributed by atoms with Gasteiger partial charge >= 0.3 is 0 Å². The van der Waals surface area contributed by atoms with E-state index in [1.165, 1.54) is 4.68 Å². The maximum absolute atomic E-state index is 13.8. The van der Waals surface area contributed by atoms with Crippen LogP contribution >= 0.6 is 15.9 Å². The van der Waals surface area contributed by atoms with Crippen LogP contribution in [0.15, 0.2) is 93.2 Å². The molecule has 0 aliphatic heterocycles. The number of methoxy groups -OCH3 is 1. The van der Waals surface area contributed by atoms with Crippen LogP contribution in [0.5, 0.6) is 17.2 Å². The maximum Gasteiger partial charge on any atom is 0.282 e. The zero-order chi connectivity index (χ0) is 30.5. The molecule has 7 nitrogen and oxygen atoms in total. The standard InChI is InChI=1S/C35H34BrN3O4/c1-6-42-31-16-23(4)28(19-27(31)22(2)3)34-38-30-15-11-10-14-26(30)35(40)39(34)37-20-25-17-29(36)33(32(18-25)41-5)43-21-24-12-8-7-9-13-24/h7-20,22H,6,21H2,1-5H3. The van der Waals surface area contributed by atoms with E-state index >= 15 is 0 Å². The van der Waals surface area contributed by atoms with Crippen LogP contribution in [0.3, 0.4) is 0 Å². The van der Waals surface area contributed by atoms with Crippen molar-refractivity contribution in [3.63, 3.8) is 0 Å². The van der Waals surface area contributed by atoms with Crippen molar-refractivity contribution in [2.45, 2.75) is 40.2 Å². The highest BCUT2D eigenvalue weighted by atomic mass is 79.9. The lowest BCUT2D eigenvalue weighted by Crippen LogP contribution is -2.21. The monoisotopic (exact) mass is 639 g/mol. The summed E-state index contributed by atoms with van der Waals surface area (Å²) in [6, 6.07) is 25.0. The van der Waals surface area contributed by atoms with E-state index in [0.29, 0.717) is 51.5 Å². The Labute approximate surface area is 259 Å². The number of hydrogen-bond acceptors (Lipinski definition) is 6. The second kappa shape index (κ2) is 13.3. The molecule has 0 unspecified atom stereocenters. The van der Waals surface area contributed by atoms with Gasteiger partial charge in [-0.2, -0.15) is 9.78 Å². The number of para-hydroxylation sites is 1. The molecular weight excluding hydrogens is 606 g/mol. The first-order valence-electron chi connectivity index (χ1n) is 14.2. The van der Waals surface area contributed by atoms with Gasteiger partial charge in [-0.1, -0.05) is 56.3 Å². The fraction of sp³-hybridized carbons (Fsp3) is 0.229. The zero-order valence-electron chi connectivity index (χ0n) is 24.9. The number of hydrogen-bond donors (Lipinski definition) is 0. The molecule has 220 valence electrons. The van der Waals surface area contributed by atoms with Gasteiger partial charge in [0.25, 0.3) is 5.56 Å². The molecule has 0 atom stereocenters. The summed E-state index contributed by atoms with van der Waals surface area (Å²) in [6.07, 6.45) is 1.63. The van der Waals surface area contributed by atoms with Crippen molar-refractivity contribution in [1.29, 1.82) is 0 Å². The molecule has 0 saturated heterocycles. The summed E-state index contributed by atoms with van der Waals surface area (Å²) in [5.74, 6) is 2.62. The number of halogens is 1. The van der Waals surface area contributed by atoms with Gasteiger partial charge in [0.2, 0.25) is 0 Å². The van der Waals surface area contributed by atoms with Crippen LogP contribution in [0.2, 0.25) is 0 Å². The Kier molecular flexibility index (Phi) is 9.26. The molecule has 5 rings (SSSR count). The van der Waals surface area contributed by atoms with Gasteiger partial charge < -0.3 is 14.2 Å². The third kappa shape index (κ3) is 6.49. The van der Waals surface area contributed by atoms with Crippen LogP contribution < -0.4 is 19.8 Å². The van der Waals surface area contributed by atoms with Crippen molar-refractivity contribution >= 4 is 33.0 Å². The predicted molar refractivity (Wildman–Crippen MR) is 176 cm³/mol. The van der Waals surface area contributed by atoms with Crippen LogP contribution in [-0.2, 0) is 6.61 Å². The van der Waals surface area contributed by atoms with Gasteiger partial charge in [0.15, 0.2) is 17.3 Å². The molecule has 0 fully saturated rings. The molecule has 0 aliphatic rings. The normalized spacial score (nSPS) is 11.4. The Hall–Kier alpha value is -4.43. The molecular formula is C35H34BrN3O4. The summed E-state index contributed by atoms with van der Waals surface area (Å²) >= 11 is 3.63. The average Bonchev–Trinajstić information content (AvgIpc) is 3.00. The minimum absolute atomic E-state index is 0.206. The molecule has 0 aliphatic carbocycles. The van der Waals surface area contributed by atoms with E-state index in [-0.39, 0.29) is 11.5 Å². The van der Waals surface area contributed by atoms with Crippen LogP contribution in [0.1, 0.15) is 48.9 Å². The average molecular weight is 641 g/mol. The number of fused-ring (bicyclic) bond motifs is 1. The van der Waals surface area contributed by atoms with Crippen molar-refractivity contribution in [1.82, 2.24) is 9.66 Å². The van der Waals surface area contributed by atoms with Gasteiger partial charge in [-0.05, 0) is 94.3 Å². The second-order valence-corrected chi connectivity index (χ2v) is 11.3. The van der Waals surface area contributed by atoms with E-state index in [2.05, 4.69) is 40.9 Å². The first kappa shape index (κ1) is 30.0. The number of aromatic nitrogens is 2. The lowest BCUT2D eigenvalue weighted by Gasteiger charge is -2.18. The lowest BCUT2D eigenvalue weighted by molar-refractivity contribution is 0.282. The van der Waals surface area contributed by atoms with Gasteiger partial charge in [0, 0.05) is 5.56 Å². The third-order valence-corrected chi connectivity index (χ3v) is 7.66. The fourth-order valence-corrected chi connectivity index (χ4v) is 5.46. The van der Waals surface area contributed by atoms with Gasteiger partial charge in [-0.25, -0.2) is 4.98 Å². The first-order valence-corrected chi connectivity index (χ1v) is 15.0. The van der Waals surface area contributed by atoms with E-state index < -0.39 is 0 Å². The summed E-state index contributed by atoms with van der Waals surface area (Å²) < 4.78 is 19.8. The molecule has 43 heavy (non-hydrogen) atoms. The Morgan fingerprint density at radius 1 is 0.977 bits per heavy atom. The van der Waals surface area contributed by atoms with Gasteiger partial charge in [-0.15, -0.1) is 0 Å². The van der Waals surface area contributed by atoms with Crippen LogP contribution in [0.4, 0.5) is 0 Å². The lowest BCUT2D eigenvalue weighted by atomic mass is 9.96. The van der Waals surface area contributed by atoms with E-state index in [1.807, 2.05) is 80.6 Å². The second-order valence-electron chi connectivity index (χ2n) is 10.4. The summed E-state index contributed by atoms with van der Waals surface area (Å²) in [6.45, 7) is 9.16. The molecule has 0 spiro atoms. The smallest absolute Gasteiger partial charge is 0.282 e. The third-order valence-electron chi connectivity index (χ3n) is 7.07. The molecule has 0 N–H and O–H groups in total. The summed E-state index contributed by atoms with van der Waals surface area (Å²) in [7, 11) is 1.59. The molecule has 0 radical (unpaired) electrons. The van der Waals surface area contributed by atoms with Crippen molar-refractivity contribution < 1.29 is 14.2 Å². The van der Waals surface area contributed by atoms with E-state index in [4.69, 9.17) is 19.2 Å². The topological polar surface area (TPSA) is 74.9 Å². The SMILES string of the molecule is CCOc1cc(C)c(-c2nc3ccccc3c(=O)n2N=Cc2cc(Br)c(OCc3ccccc3)c(OC)c2)cc1C(C)C. The van der Waals surface area contributed by atoms with Crippen molar-refractivity contribution in [2.75, 3.05) is 13.7 Å². The number of benzene rings is 4. The highest BCUT2D eigenvalue weighted by molar-refractivity contribution is 9.10. The Bertz CT molecular complexity index is 1850. The van der Waals surface area contributed by atoms with Crippen molar-refractivity contribution in [2.24, 2.45) is 5.10 Å². The Balaban J connectivity index is 1.60. The van der Waals surface area contributed by atoms with Gasteiger partial charge in [0.05, 0.1) is 35.3 Å². The molecule has 0 amide bonds. The van der Waals surface area contributed by atoms with E-state index in [0.717, 1.165) is 28.0 Å². The van der Waals surface area contributed by atoms with E-state index in [1.54, 1.807) is 19.4 Å². The number of rotatable bonds is 10. The Morgan fingerprint density at radius 3 is 2.44 bits per heavy atom. The Morgan fingerprint density at radius 2 is 1.72 bits per heavy atom. The molecule has 8 heteroatoms. The van der Waals surface area contributed by atoms with Crippen molar-refractivity contribution in [3.05, 3.63) is 116 Å². The fourth-order valence-electron chi connectivity index (χ4n) is 4.88. The molecule has 5 aromatic rings. The highest BCUT2D eigenvalue weighted by Gasteiger charge is 2.19. The largest absolute Gasteiger partial charge is 0.494 e. The first-order chi connectivity index (χ1) is 20.8. The summed E-state index contributed by atoms with van der Waals surface area (Å²) in [4.78, 5) is 18.8.